The summed E-state index contributed by atoms with van der Waals surface area (Å²) in [6, 6.07) is 0.138. The third-order valence-corrected chi connectivity index (χ3v) is 2.70. The van der Waals surface area contributed by atoms with Gasteiger partial charge in [-0.15, -0.1) is 0 Å². The second kappa shape index (κ2) is 6.68. The highest BCUT2D eigenvalue weighted by atomic mass is 16.2. The van der Waals surface area contributed by atoms with E-state index in [-0.39, 0.29) is 6.03 Å². The first kappa shape index (κ1) is 11.3. The Morgan fingerprint density at radius 3 is 2.93 bits per heavy atom. The number of nitrogens with zero attached hydrogens (tertiary/aromatic N) is 1. The van der Waals surface area contributed by atoms with Crippen molar-refractivity contribution in [2.24, 2.45) is 0 Å². The van der Waals surface area contributed by atoms with Crippen molar-refractivity contribution in [1.82, 2.24) is 10.2 Å². The lowest BCUT2D eigenvalue weighted by Gasteiger charge is -2.19. The van der Waals surface area contributed by atoms with E-state index >= 15 is 0 Å². The summed E-state index contributed by atoms with van der Waals surface area (Å²) in [6.07, 6.45) is 7.22. The average Bonchev–Trinajstić information content (AvgIpc) is 2.39. The van der Waals surface area contributed by atoms with Crippen LogP contribution < -0.4 is 5.32 Å². The van der Waals surface area contributed by atoms with Gasteiger partial charge in [0.05, 0.1) is 0 Å². The first-order valence-electron chi connectivity index (χ1n) is 5.87. The van der Waals surface area contributed by atoms with Crippen molar-refractivity contribution < 1.29 is 4.79 Å². The number of hydrogen-bond donors (Lipinski definition) is 1. The average molecular weight is 198 g/mol. The maximum atomic E-state index is 11.5. The van der Waals surface area contributed by atoms with Crippen LogP contribution in [0.5, 0.6) is 0 Å². The molecule has 0 unspecified atom stereocenters. The van der Waals surface area contributed by atoms with E-state index in [9.17, 15) is 4.79 Å². The summed E-state index contributed by atoms with van der Waals surface area (Å²) in [5, 5.41) is 2.92. The molecule has 0 spiro atoms. The minimum Gasteiger partial charge on any atom is -0.338 e. The van der Waals surface area contributed by atoms with Gasteiger partial charge < -0.3 is 10.2 Å². The van der Waals surface area contributed by atoms with Crippen LogP contribution in [0.1, 0.15) is 45.4 Å². The number of carbonyl (C=O) groups excluding carboxylic acids is 1. The third-order valence-electron chi connectivity index (χ3n) is 2.70. The van der Waals surface area contributed by atoms with Gasteiger partial charge in [-0.2, -0.15) is 0 Å². The molecule has 1 aliphatic heterocycles. The Labute approximate surface area is 86.9 Å². The molecule has 1 heterocycles. The van der Waals surface area contributed by atoms with Gasteiger partial charge in [0, 0.05) is 19.6 Å². The fourth-order valence-corrected chi connectivity index (χ4v) is 1.78. The number of nitrogens with one attached hydrogen (secondary N) is 1. The molecule has 0 atom stereocenters. The summed E-state index contributed by atoms with van der Waals surface area (Å²) in [5.41, 5.74) is 0. The lowest BCUT2D eigenvalue weighted by Crippen LogP contribution is -2.38. The SMILES string of the molecule is CCCCCCN1CCCCNC1=O. The van der Waals surface area contributed by atoms with E-state index in [4.69, 9.17) is 0 Å². The summed E-state index contributed by atoms with van der Waals surface area (Å²) in [6.45, 7) is 4.94. The molecule has 0 aromatic carbocycles. The van der Waals surface area contributed by atoms with Gasteiger partial charge in [0.1, 0.15) is 0 Å². The van der Waals surface area contributed by atoms with Gasteiger partial charge in [0.2, 0.25) is 0 Å². The van der Waals surface area contributed by atoms with Gasteiger partial charge in [-0.05, 0) is 19.3 Å². The molecule has 2 amide bonds. The maximum absolute atomic E-state index is 11.5. The van der Waals surface area contributed by atoms with Gasteiger partial charge in [-0.1, -0.05) is 26.2 Å². The van der Waals surface area contributed by atoms with Crippen molar-refractivity contribution in [2.45, 2.75) is 45.4 Å². The molecule has 1 saturated heterocycles. The van der Waals surface area contributed by atoms with Crippen molar-refractivity contribution in [3.63, 3.8) is 0 Å². The molecule has 0 aromatic heterocycles. The quantitative estimate of drug-likeness (QED) is 0.676. The Bertz CT molecular complexity index is 171. The van der Waals surface area contributed by atoms with Crippen LogP contribution in [0.15, 0.2) is 0 Å². The second-order valence-electron chi connectivity index (χ2n) is 3.99. The topological polar surface area (TPSA) is 32.3 Å². The Morgan fingerprint density at radius 1 is 1.29 bits per heavy atom. The molecule has 1 aliphatic rings. The van der Waals surface area contributed by atoms with Crippen LogP contribution >= 0.6 is 0 Å². The highest BCUT2D eigenvalue weighted by Gasteiger charge is 2.14. The van der Waals surface area contributed by atoms with Crippen LogP contribution in [0.25, 0.3) is 0 Å². The first-order chi connectivity index (χ1) is 6.84. The number of urea groups is 1. The number of hydrogen-bond acceptors (Lipinski definition) is 1. The van der Waals surface area contributed by atoms with Gasteiger partial charge in [0.15, 0.2) is 0 Å². The molecule has 1 N–H and O–H groups in total. The summed E-state index contributed by atoms with van der Waals surface area (Å²) in [4.78, 5) is 13.5. The minimum absolute atomic E-state index is 0.138. The molecule has 1 rings (SSSR count). The zero-order valence-electron chi connectivity index (χ0n) is 9.22. The van der Waals surface area contributed by atoms with E-state index in [1.807, 2.05) is 4.90 Å². The molecule has 0 aliphatic carbocycles. The van der Waals surface area contributed by atoms with Crippen LogP contribution in [-0.2, 0) is 0 Å². The van der Waals surface area contributed by atoms with Crippen LogP contribution in [0, 0.1) is 0 Å². The van der Waals surface area contributed by atoms with Gasteiger partial charge in [-0.25, -0.2) is 4.79 Å². The highest BCUT2D eigenvalue weighted by Crippen LogP contribution is 2.05. The monoisotopic (exact) mass is 198 g/mol. The van der Waals surface area contributed by atoms with Crippen LogP contribution in [0.2, 0.25) is 0 Å². The standard InChI is InChI=1S/C11H22N2O/c1-2-3-4-6-9-13-10-7-5-8-12-11(13)14/h2-10H2,1H3,(H,12,14). The highest BCUT2D eigenvalue weighted by molar-refractivity contribution is 5.74. The van der Waals surface area contributed by atoms with Gasteiger partial charge in [0.25, 0.3) is 0 Å². The molecule has 0 bridgehead atoms. The van der Waals surface area contributed by atoms with Crippen LogP contribution in [0.3, 0.4) is 0 Å². The van der Waals surface area contributed by atoms with E-state index in [1.165, 1.54) is 19.3 Å². The lowest BCUT2D eigenvalue weighted by molar-refractivity contribution is 0.201. The summed E-state index contributed by atoms with van der Waals surface area (Å²) >= 11 is 0. The van der Waals surface area contributed by atoms with Crippen molar-refractivity contribution in [2.75, 3.05) is 19.6 Å². The fraction of sp³-hybridized carbons (Fsp3) is 0.909. The molecule has 3 nitrogen and oxygen atoms in total. The summed E-state index contributed by atoms with van der Waals surface area (Å²) in [5.74, 6) is 0. The molecule has 3 heteroatoms. The summed E-state index contributed by atoms with van der Waals surface area (Å²) in [7, 11) is 0. The Morgan fingerprint density at radius 2 is 2.14 bits per heavy atom. The van der Waals surface area contributed by atoms with Crippen molar-refractivity contribution in [1.29, 1.82) is 0 Å². The van der Waals surface area contributed by atoms with Crippen molar-refractivity contribution >= 4 is 6.03 Å². The largest absolute Gasteiger partial charge is 0.338 e. The molecule has 0 aromatic rings. The molecular formula is C11H22N2O. The third kappa shape index (κ3) is 3.99. The van der Waals surface area contributed by atoms with Crippen molar-refractivity contribution in [3.8, 4) is 0 Å². The lowest BCUT2D eigenvalue weighted by atomic mass is 10.2. The fourth-order valence-electron chi connectivity index (χ4n) is 1.78. The van der Waals surface area contributed by atoms with Crippen LogP contribution in [-0.4, -0.2) is 30.6 Å². The molecule has 82 valence electrons. The molecular weight excluding hydrogens is 176 g/mol. The minimum atomic E-state index is 0.138. The van der Waals surface area contributed by atoms with Gasteiger partial charge >= 0.3 is 6.03 Å². The summed E-state index contributed by atoms with van der Waals surface area (Å²) < 4.78 is 0. The van der Waals surface area contributed by atoms with E-state index in [2.05, 4.69) is 12.2 Å². The zero-order chi connectivity index (χ0) is 10.2. The van der Waals surface area contributed by atoms with E-state index in [0.717, 1.165) is 38.9 Å². The maximum Gasteiger partial charge on any atom is 0.317 e. The molecule has 1 fully saturated rings. The number of rotatable bonds is 5. The van der Waals surface area contributed by atoms with Crippen molar-refractivity contribution in [3.05, 3.63) is 0 Å². The van der Waals surface area contributed by atoms with Gasteiger partial charge in [-0.3, -0.25) is 0 Å². The number of amides is 2. The predicted molar refractivity (Wildman–Crippen MR) is 58.3 cm³/mol. The number of carbonyl (C=O) groups is 1. The first-order valence-corrected chi connectivity index (χ1v) is 5.87. The second-order valence-corrected chi connectivity index (χ2v) is 3.99. The zero-order valence-corrected chi connectivity index (χ0v) is 9.22. The Balaban J connectivity index is 2.16. The van der Waals surface area contributed by atoms with Crippen LogP contribution in [0.4, 0.5) is 4.79 Å². The van der Waals surface area contributed by atoms with E-state index < -0.39 is 0 Å². The normalized spacial score (nSPS) is 17.8. The predicted octanol–water partition coefficient (Wildman–Crippen LogP) is 2.37. The smallest absolute Gasteiger partial charge is 0.317 e. The Kier molecular flexibility index (Phi) is 5.42. The molecule has 14 heavy (non-hydrogen) atoms. The Hall–Kier alpha value is -0.730. The number of unbranched alkanes of at least 4 members (excludes halogenated alkanes) is 3. The molecule has 0 saturated carbocycles. The van der Waals surface area contributed by atoms with E-state index in [1.54, 1.807) is 0 Å². The molecule has 0 radical (unpaired) electrons. The van der Waals surface area contributed by atoms with E-state index in [0.29, 0.717) is 0 Å².